The molecule has 0 unspecified atom stereocenters. The van der Waals surface area contributed by atoms with E-state index in [0.717, 1.165) is 11.1 Å². The number of hydrogen-bond donors (Lipinski definition) is 2. The largest absolute Gasteiger partial charge is 0.478 e. The fourth-order valence-corrected chi connectivity index (χ4v) is 2.18. The molecule has 2 rings (SSSR count). The van der Waals surface area contributed by atoms with Crippen LogP contribution < -0.4 is 5.32 Å². The van der Waals surface area contributed by atoms with Gasteiger partial charge in [-0.15, -0.1) is 0 Å². The molecule has 116 valence electrons. The van der Waals surface area contributed by atoms with E-state index in [9.17, 15) is 9.59 Å². The van der Waals surface area contributed by atoms with Crippen molar-refractivity contribution in [3.8, 4) is 0 Å². The fraction of sp³-hybridized carbons (Fsp3) is 0.294. The average Bonchev–Trinajstić information content (AvgIpc) is 2.86. The van der Waals surface area contributed by atoms with Crippen LogP contribution in [-0.4, -0.2) is 17.0 Å². The molecule has 0 aliphatic carbocycles. The number of hydrogen-bond acceptors (Lipinski definition) is 3. The molecule has 1 atom stereocenters. The quantitative estimate of drug-likeness (QED) is 0.889. The highest BCUT2D eigenvalue weighted by Gasteiger charge is 2.17. The van der Waals surface area contributed by atoms with Crippen molar-refractivity contribution >= 4 is 11.9 Å². The van der Waals surface area contributed by atoms with E-state index in [0.29, 0.717) is 11.5 Å². The smallest absolute Gasteiger partial charge is 0.339 e. The van der Waals surface area contributed by atoms with Crippen molar-refractivity contribution in [3.63, 3.8) is 0 Å². The average molecular weight is 301 g/mol. The summed E-state index contributed by atoms with van der Waals surface area (Å²) in [5, 5.41) is 11.7. The Kier molecular flexibility index (Phi) is 4.65. The lowest BCUT2D eigenvalue weighted by molar-refractivity contribution is -0.122. The molecule has 1 amide bonds. The number of carbonyl (C=O) groups is 2. The van der Waals surface area contributed by atoms with Crippen LogP contribution in [0.4, 0.5) is 0 Å². The van der Waals surface area contributed by atoms with Gasteiger partial charge >= 0.3 is 5.97 Å². The van der Waals surface area contributed by atoms with Crippen LogP contribution in [0.1, 0.15) is 45.8 Å². The molecule has 0 radical (unpaired) electrons. The molecule has 0 bridgehead atoms. The summed E-state index contributed by atoms with van der Waals surface area (Å²) in [6.07, 6.45) is 0. The van der Waals surface area contributed by atoms with E-state index in [-0.39, 0.29) is 23.9 Å². The molecule has 0 aliphatic heterocycles. The molecule has 22 heavy (non-hydrogen) atoms. The standard InChI is InChI=1S/C17H19NO4/c1-10-4-6-13(7-5-10)11(2)16(19)18-9-14-8-15(17(20)21)12(3)22-14/h4-8,11H,9H2,1-3H3,(H,18,19)(H,20,21)/t11-/m0/s1. The van der Waals surface area contributed by atoms with Gasteiger partial charge < -0.3 is 14.8 Å². The van der Waals surface area contributed by atoms with Crippen LogP contribution in [0.15, 0.2) is 34.7 Å². The zero-order chi connectivity index (χ0) is 16.3. The molecule has 0 saturated carbocycles. The third-order valence-corrected chi connectivity index (χ3v) is 3.61. The Bertz CT molecular complexity index is 685. The molecule has 1 aromatic heterocycles. The van der Waals surface area contributed by atoms with E-state index in [1.165, 1.54) is 6.07 Å². The Morgan fingerprint density at radius 1 is 1.23 bits per heavy atom. The van der Waals surface area contributed by atoms with Crippen molar-refractivity contribution in [2.24, 2.45) is 0 Å². The summed E-state index contributed by atoms with van der Waals surface area (Å²) in [5.41, 5.74) is 2.20. The zero-order valence-corrected chi connectivity index (χ0v) is 12.8. The Labute approximate surface area is 129 Å². The number of aromatic carboxylic acids is 1. The Hall–Kier alpha value is -2.56. The summed E-state index contributed by atoms with van der Waals surface area (Å²) in [6, 6.07) is 9.23. The molecular weight excluding hydrogens is 282 g/mol. The highest BCUT2D eigenvalue weighted by molar-refractivity contribution is 5.89. The number of rotatable bonds is 5. The minimum absolute atomic E-state index is 0.121. The van der Waals surface area contributed by atoms with Gasteiger partial charge in [0.25, 0.3) is 0 Å². The highest BCUT2D eigenvalue weighted by atomic mass is 16.4. The number of aryl methyl sites for hydroxylation is 2. The summed E-state index contributed by atoms with van der Waals surface area (Å²) in [4.78, 5) is 23.1. The first kappa shape index (κ1) is 15.8. The predicted molar refractivity (Wildman–Crippen MR) is 81.8 cm³/mol. The van der Waals surface area contributed by atoms with Gasteiger partial charge in [0.2, 0.25) is 5.91 Å². The minimum atomic E-state index is -1.04. The van der Waals surface area contributed by atoms with Gasteiger partial charge in [0, 0.05) is 0 Å². The molecule has 1 heterocycles. The van der Waals surface area contributed by atoms with Gasteiger partial charge in [-0.25, -0.2) is 4.79 Å². The van der Waals surface area contributed by atoms with Crippen molar-refractivity contribution < 1.29 is 19.1 Å². The van der Waals surface area contributed by atoms with E-state index in [4.69, 9.17) is 9.52 Å². The van der Waals surface area contributed by atoms with Gasteiger partial charge in [-0.3, -0.25) is 4.79 Å². The SMILES string of the molecule is Cc1ccc([C@H](C)C(=O)NCc2cc(C(=O)O)c(C)o2)cc1. The van der Waals surface area contributed by atoms with Gasteiger partial charge in [-0.05, 0) is 32.4 Å². The van der Waals surface area contributed by atoms with Crippen LogP contribution in [0.2, 0.25) is 0 Å². The van der Waals surface area contributed by atoms with E-state index in [1.807, 2.05) is 38.1 Å². The molecule has 0 saturated heterocycles. The monoisotopic (exact) mass is 301 g/mol. The first-order chi connectivity index (χ1) is 10.4. The molecule has 5 nitrogen and oxygen atoms in total. The number of carboxylic acid groups (broad SMARTS) is 1. The third-order valence-electron chi connectivity index (χ3n) is 3.61. The molecule has 2 aromatic rings. The second-order valence-corrected chi connectivity index (χ2v) is 5.34. The number of carboxylic acids is 1. The van der Waals surface area contributed by atoms with Crippen LogP contribution in [0, 0.1) is 13.8 Å². The van der Waals surface area contributed by atoms with Crippen molar-refractivity contribution in [2.45, 2.75) is 33.2 Å². The third kappa shape index (κ3) is 3.55. The van der Waals surface area contributed by atoms with E-state index >= 15 is 0 Å². The van der Waals surface area contributed by atoms with E-state index in [2.05, 4.69) is 5.32 Å². The Morgan fingerprint density at radius 3 is 2.41 bits per heavy atom. The number of furan rings is 1. The summed E-state index contributed by atoms with van der Waals surface area (Å²) >= 11 is 0. The molecule has 2 N–H and O–H groups in total. The zero-order valence-electron chi connectivity index (χ0n) is 12.8. The topological polar surface area (TPSA) is 79.5 Å². The van der Waals surface area contributed by atoms with Crippen LogP contribution in [0.25, 0.3) is 0 Å². The summed E-state index contributed by atoms with van der Waals surface area (Å²) < 4.78 is 5.33. The minimum Gasteiger partial charge on any atom is -0.478 e. The van der Waals surface area contributed by atoms with Crippen molar-refractivity contribution in [1.82, 2.24) is 5.32 Å². The second-order valence-electron chi connectivity index (χ2n) is 5.34. The van der Waals surface area contributed by atoms with Crippen LogP contribution >= 0.6 is 0 Å². The second kappa shape index (κ2) is 6.47. The lowest BCUT2D eigenvalue weighted by atomic mass is 9.99. The van der Waals surface area contributed by atoms with Gasteiger partial charge in [0.15, 0.2) is 0 Å². The first-order valence-electron chi connectivity index (χ1n) is 7.05. The summed E-state index contributed by atoms with van der Waals surface area (Å²) in [6.45, 7) is 5.58. The summed E-state index contributed by atoms with van der Waals surface area (Å²) in [5.74, 6) is -0.681. The van der Waals surface area contributed by atoms with Crippen LogP contribution in [-0.2, 0) is 11.3 Å². The number of nitrogens with one attached hydrogen (secondary N) is 1. The Balaban J connectivity index is 1.99. The van der Waals surface area contributed by atoms with Crippen molar-refractivity contribution in [1.29, 1.82) is 0 Å². The van der Waals surface area contributed by atoms with Gasteiger partial charge in [0.1, 0.15) is 17.1 Å². The van der Waals surface area contributed by atoms with E-state index < -0.39 is 5.97 Å². The number of benzene rings is 1. The Morgan fingerprint density at radius 2 is 1.86 bits per heavy atom. The van der Waals surface area contributed by atoms with Crippen molar-refractivity contribution in [2.75, 3.05) is 0 Å². The van der Waals surface area contributed by atoms with Gasteiger partial charge in [0.05, 0.1) is 12.5 Å². The van der Waals surface area contributed by atoms with Crippen LogP contribution in [0.3, 0.4) is 0 Å². The fourth-order valence-electron chi connectivity index (χ4n) is 2.18. The maximum Gasteiger partial charge on any atom is 0.339 e. The molecule has 5 heteroatoms. The van der Waals surface area contributed by atoms with Gasteiger partial charge in [-0.2, -0.15) is 0 Å². The lowest BCUT2D eigenvalue weighted by Crippen LogP contribution is -2.27. The molecule has 1 aromatic carbocycles. The number of amides is 1. The normalized spacial score (nSPS) is 12.0. The van der Waals surface area contributed by atoms with Gasteiger partial charge in [-0.1, -0.05) is 29.8 Å². The molecular formula is C17H19NO4. The maximum atomic E-state index is 12.2. The maximum absolute atomic E-state index is 12.2. The van der Waals surface area contributed by atoms with Crippen molar-refractivity contribution in [3.05, 3.63) is 58.5 Å². The first-order valence-corrected chi connectivity index (χ1v) is 7.05. The molecule has 0 aliphatic rings. The van der Waals surface area contributed by atoms with Crippen LogP contribution in [0.5, 0.6) is 0 Å². The highest BCUT2D eigenvalue weighted by Crippen LogP contribution is 2.17. The predicted octanol–water partition coefficient (Wildman–Crippen LogP) is 3.01. The van der Waals surface area contributed by atoms with E-state index in [1.54, 1.807) is 6.92 Å². The summed E-state index contributed by atoms with van der Waals surface area (Å²) in [7, 11) is 0. The molecule has 0 spiro atoms. The lowest BCUT2D eigenvalue weighted by Gasteiger charge is -2.12. The number of carbonyl (C=O) groups excluding carboxylic acids is 1. The molecule has 0 fully saturated rings.